The molecule has 1 aromatic heterocycles. The zero-order chi connectivity index (χ0) is 11.3. The summed E-state index contributed by atoms with van der Waals surface area (Å²) in [5.74, 6) is 0.607. The Labute approximate surface area is 90.6 Å². The third kappa shape index (κ3) is 3.43. The normalized spacial score (nSPS) is 10.3. The van der Waals surface area contributed by atoms with Gasteiger partial charge < -0.3 is 4.74 Å². The summed E-state index contributed by atoms with van der Waals surface area (Å²) in [5.41, 5.74) is 2.89. The second kappa shape index (κ2) is 5.15. The number of hydrogen-bond donors (Lipinski definition) is 0. The lowest BCUT2D eigenvalue weighted by molar-refractivity contribution is 0.398. The maximum absolute atomic E-state index is 4.97. The topological polar surface area (TPSA) is 22.1 Å². The average Bonchev–Trinajstić information content (AvgIpc) is 2.26. The molecule has 0 saturated heterocycles. The van der Waals surface area contributed by atoms with Crippen LogP contribution in [0.25, 0.3) is 5.57 Å². The van der Waals surface area contributed by atoms with Crippen LogP contribution >= 0.6 is 0 Å². The third-order valence-corrected chi connectivity index (χ3v) is 1.89. The molecule has 1 aromatic rings. The van der Waals surface area contributed by atoms with Gasteiger partial charge in [-0.3, -0.25) is 0 Å². The summed E-state index contributed by atoms with van der Waals surface area (Å²) < 4.78 is 4.97. The number of hydrogen-bond acceptors (Lipinski definition) is 2. The van der Waals surface area contributed by atoms with Crippen molar-refractivity contribution >= 4 is 5.57 Å². The molecule has 0 bridgehead atoms. The Bertz CT molecular complexity index is 388. The average molecular weight is 201 g/mol. The zero-order valence-corrected chi connectivity index (χ0v) is 9.16. The summed E-state index contributed by atoms with van der Waals surface area (Å²) in [5, 5.41) is 0. The molecule has 0 spiro atoms. The molecule has 2 heteroatoms. The lowest BCUT2D eigenvalue weighted by atomic mass is 10.1. The van der Waals surface area contributed by atoms with Gasteiger partial charge >= 0.3 is 0 Å². The van der Waals surface area contributed by atoms with Gasteiger partial charge in [-0.05, 0) is 24.1 Å². The van der Waals surface area contributed by atoms with E-state index < -0.39 is 0 Å². The van der Waals surface area contributed by atoms with Crippen molar-refractivity contribution in [2.45, 2.75) is 6.92 Å². The first-order valence-corrected chi connectivity index (χ1v) is 4.66. The minimum Gasteiger partial charge on any atom is -0.481 e. The molecule has 0 aliphatic heterocycles. The van der Waals surface area contributed by atoms with Crippen molar-refractivity contribution < 1.29 is 4.74 Å². The fraction of sp³-hybridized carbons (Fsp3) is 0.154. The molecule has 0 atom stereocenters. The highest BCUT2D eigenvalue weighted by Gasteiger charge is 1.96. The van der Waals surface area contributed by atoms with E-state index in [1.54, 1.807) is 13.3 Å². The number of rotatable bonds is 4. The van der Waals surface area contributed by atoms with Gasteiger partial charge in [0.05, 0.1) is 7.11 Å². The first-order valence-electron chi connectivity index (χ1n) is 4.66. The summed E-state index contributed by atoms with van der Waals surface area (Å²) in [7, 11) is 1.60. The van der Waals surface area contributed by atoms with Crippen LogP contribution in [0.2, 0.25) is 0 Å². The molecular weight excluding hydrogens is 186 g/mol. The Balaban J connectivity index is 2.79. The number of nitrogens with zero attached hydrogens (tertiary/aromatic N) is 1. The maximum atomic E-state index is 4.97. The van der Waals surface area contributed by atoms with E-state index in [1.165, 1.54) is 0 Å². The fourth-order valence-electron chi connectivity index (χ4n) is 1.03. The van der Waals surface area contributed by atoms with Gasteiger partial charge in [0.15, 0.2) is 0 Å². The standard InChI is InChI=1S/C13H15NO/c1-10(2)5-6-11(3)12-7-8-13(15-4)14-9-12/h5-9H,1,3H2,2,4H3/b6-5-. The van der Waals surface area contributed by atoms with E-state index in [4.69, 9.17) is 4.74 Å². The van der Waals surface area contributed by atoms with Gasteiger partial charge in [-0.2, -0.15) is 0 Å². The van der Waals surface area contributed by atoms with Crippen molar-refractivity contribution in [1.82, 2.24) is 4.98 Å². The summed E-state index contributed by atoms with van der Waals surface area (Å²) in [6, 6.07) is 3.74. The highest BCUT2D eigenvalue weighted by molar-refractivity contribution is 5.72. The lowest BCUT2D eigenvalue weighted by Crippen LogP contribution is -1.88. The van der Waals surface area contributed by atoms with Gasteiger partial charge in [-0.1, -0.05) is 30.9 Å². The molecule has 78 valence electrons. The summed E-state index contributed by atoms with van der Waals surface area (Å²) >= 11 is 0. The minimum atomic E-state index is 0.607. The van der Waals surface area contributed by atoms with E-state index in [9.17, 15) is 0 Å². The van der Waals surface area contributed by atoms with Crippen LogP contribution in [0.4, 0.5) is 0 Å². The predicted octanol–water partition coefficient (Wildman–Crippen LogP) is 3.24. The molecule has 0 aliphatic carbocycles. The van der Waals surface area contributed by atoms with E-state index in [0.717, 1.165) is 16.7 Å². The van der Waals surface area contributed by atoms with Gasteiger partial charge in [0.1, 0.15) is 0 Å². The molecule has 2 nitrogen and oxygen atoms in total. The third-order valence-electron chi connectivity index (χ3n) is 1.89. The van der Waals surface area contributed by atoms with Gasteiger partial charge in [0, 0.05) is 12.3 Å². The van der Waals surface area contributed by atoms with Gasteiger partial charge in [-0.15, -0.1) is 0 Å². The van der Waals surface area contributed by atoms with E-state index in [-0.39, 0.29) is 0 Å². The van der Waals surface area contributed by atoms with Crippen LogP contribution in [0.3, 0.4) is 0 Å². The Morgan fingerprint density at radius 3 is 2.53 bits per heavy atom. The number of methoxy groups -OCH3 is 1. The van der Waals surface area contributed by atoms with Crippen LogP contribution in [0.1, 0.15) is 12.5 Å². The monoisotopic (exact) mass is 201 g/mol. The molecule has 15 heavy (non-hydrogen) atoms. The quantitative estimate of drug-likeness (QED) is 0.698. The largest absolute Gasteiger partial charge is 0.481 e. The summed E-state index contributed by atoms with van der Waals surface area (Å²) in [4.78, 5) is 4.11. The lowest BCUT2D eigenvalue weighted by Gasteiger charge is -2.01. The van der Waals surface area contributed by atoms with E-state index in [2.05, 4.69) is 18.1 Å². The molecule has 0 radical (unpaired) electrons. The molecule has 1 heterocycles. The van der Waals surface area contributed by atoms with Crippen molar-refractivity contribution in [3.05, 3.63) is 54.8 Å². The van der Waals surface area contributed by atoms with Crippen LogP contribution in [0, 0.1) is 0 Å². The Kier molecular flexibility index (Phi) is 3.86. The second-order valence-electron chi connectivity index (χ2n) is 3.29. The molecule has 0 N–H and O–H groups in total. The van der Waals surface area contributed by atoms with Gasteiger partial charge in [0.2, 0.25) is 5.88 Å². The van der Waals surface area contributed by atoms with Gasteiger partial charge in [0.25, 0.3) is 0 Å². The predicted molar refractivity (Wildman–Crippen MR) is 63.8 cm³/mol. The van der Waals surface area contributed by atoms with Crippen LogP contribution in [0.5, 0.6) is 5.88 Å². The number of ether oxygens (including phenoxy) is 1. The summed E-state index contributed by atoms with van der Waals surface area (Å²) in [6.45, 7) is 9.67. The van der Waals surface area contributed by atoms with Crippen molar-refractivity contribution in [1.29, 1.82) is 0 Å². The highest BCUT2D eigenvalue weighted by Crippen LogP contribution is 2.15. The SMILES string of the molecule is C=C(C)/C=C\C(=C)c1ccc(OC)nc1. The maximum Gasteiger partial charge on any atom is 0.212 e. The van der Waals surface area contributed by atoms with Crippen molar-refractivity contribution in [3.8, 4) is 5.88 Å². The van der Waals surface area contributed by atoms with Crippen LogP contribution in [0.15, 0.2) is 49.2 Å². The first-order chi connectivity index (χ1) is 7.13. The molecular formula is C13H15NO. The number of aromatic nitrogens is 1. The Hall–Kier alpha value is -1.83. The van der Waals surface area contributed by atoms with Crippen molar-refractivity contribution in [3.63, 3.8) is 0 Å². The van der Waals surface area contributed by atoms with Crippen molar-refractivity contribution in [2.75, 3.05) is 7.11 Å². The number of pyridine rings is 1. The number of allylic oxidation sites excluding steroid dienone is 4. The van der Waals surface area contributed by atoms with E-state index in [1.807, 2.05) is 31.2 Å². The first kappa shape index (κ1) is 11.2. The summed E-state index contributed by atoms with van der Waals surface area (Å²) in [6.07, 6.45) is 5.59. The molecule has 0 aromatic carbocycles. The Morgan fingerprint density at radius 1 is 1.33 bits per heavy atom. The molecule has 0 unspecified atom stereocenters. The highest BCUT2D eigenvalue weighted by atomic mass is 16.5. The zero-order valence-electron chi connectivity index (χ0n) is 9.16. The Morgan fingerprint density at radius 2 is 2.07 bits per heavy atom. The molecule has 0 aliphatic rings. The van der Waals surface area contributed by atoms with Crippen LogP contribution in [-0.2, 0) is 0 Å². The minimum absolute atomic E-state index is 0.607. The molecule has 0 fully saturated rings. The van der Waals surface area contributed by atoms with Crippen LogP contribution < -0.4 is 4.74 Å². The molecule has 0 amide bonds. The molecule has 1 rings (SSSR count). The fourth-order valence-corrected chi connectivity index (χ4v) is 1.03. The smallest absolute Gasteiger partial charge is 0.212 e. The van der Waals surface area contributed by atoms with Gasteiger partial charge in [-0.25, -0.2) is 4.98 Å². The molecule has 0 saturated carbocycles. The van der Waals surface area contributed by atoms with Crippen molar-refractivity contribution in [2.24, 2.45) is 0 Å². The van der Waals surface area contributed by atoms with E-state index in [0.29, 0.717) is 5.88 Å². The second-order valence-corrected chi connectivity index (χ2v) is 3.29. The van der Waals surface area contributed by atoms with E-state index >= 15 is 0 Å². The van der Waals surface area contributed by atoms with Crippen LogP contribution in [-0.4, -0.2) is 12.1 Å².